The number of halogens is 3. The molecule has 1 amide bonds. The molecule has 0 aliphatic carbocycles. The normalized spacial score (nSPS) is 19.9. The van der Waals surface area contributed by atoms with E-state index in [0.717, 1.165) is 37.1 Å². The molecule has 0 aromatic carbocycles. The summed E-state index contributed by atoms with van der Waals surface area (Å²) in [6, 6.07) is 0.284. The second-order valence-electron chi connectivity index (χ2n) is 5.47. The van der Waals surface area contributed by atoms with E-state index in [1.807, 2.05) is 6.92 Å². The Bertz CT molecular complexity index is 289. The molecule has 1 unspecified atom stereocenters. The van der Waals surface area contributed by atoms with Gasteiger partial charge in [0, 0.05) is 19.0 Å². The van der Waals surface area contributed by atoms with Gasteiger partial charge in [-0.3, -0.25) is 4.79 Å². The average Bonchev–Trinajstić information content (AvgIpc) is 2.40. The van der Waals surface area contributed by atoms with Crippen molar-refractivity contribution >= 4 is 5.91 Å². The molecule has 3 nitrogen and oxygen atoms in total. The standard InChI is InChI=1S/C14H25F3N2O/c1-2-3-10-19(11-14(15,16)17)13(20)8-7-12-6-4-5-9-18-12/h12,18H,2-11H2,1H3. The summed E-state index contributed by atoms with van der Waals surface area (Å²) in [6.45, 7) is 1.93. The number of unbranched alkanes of at least 4 members (excludes halogenated alkanes) is 1. The molecule has 1 atom stereocenters. The van der Waals surface area contributed by atoms with Crippen molar-refractivity contribution in [1.29, 1.82) is 0 Å². The Labute approximate surface area is 118 Å². The van der Waals surface area contributed by atoms with Crippen LogP contribution in [0.3, 0.4) is 0 Å². The summed E-state index contributed by atoms with van der Waals surface area (Å²) >= 11 is 0. The molecule has 1 fully saturated rings. The molecule has 6 heteroatoms. The second-order valence-corrected chi connectivity index (χ2v) is 5.47. The van der Waals surface area contributed by atoms with Gasteiger partial charge in [-0.2, -0.15) is 13.2 Å². The highest BCUT2D eigenvalue weighted by Crippen LogP contribution is 2.19. The highest BCUT2D eigenvalue weighted by atomic mass is 19.4. The van der Waals surface area contributed by atoms with E-state index in [0.29, 0.717) is 12.8 Å². The molecule has 0 spiro atoms. The van der Waals surface area contributed by atoms with Gasteiger partial charge in [-0.25, -0.2) is 0 Å². The Balaban J connectivity index is 2.40. The number of rotatable bonds is 7. The van der Waals surface area contributed by atoms with Crippen LogP contribution in [0.4, 0.5) is 13.2 Å². The van der Waals surface area contributed by atoms with E-state index in [9.17, 15) is 18.0 Å². The van der Waals surface area contributed by atoms with Crippen molar-refractivity contribution in [3.8, 4) is 0 Å². The van der Waals surface area contributed by atoms with E-state index in [1.165, 1.54) is 0 Å². The van der Waals surface area contributed by atoms with Gasteiger partial charge in [0.25, 0.3) is 0 Å². The van der Waals surface area contributed by atoms with Crippen LogP contribution in [0, 0.1) is 0 Å². The van der Waals surface area contributed by atoms with Gasteiger partial charge in [0.15, 0.2) is 0 Å². The Morgan fingerprint density at radius 2 is 2.10 bits per heavy atom. The van der Waals surface area contributed by atoms with Gasteiger partial charge in [0.1, 0.15) is 6.54 Å². The lowest BCUT2D eigenvalue weighted by Gasteiger charge is -2.26. The average molecular weight is 294 g/mol. The highest BCUT2D eigenvalue weighted by Gasteiger charge is 2.32. The van der Waals surface area contributed by atoms with Crippen LogP contribution in [0.2, 0.25) is 0 Å². The maximum Gasteiger partial charge on any atom is 0.406 e. The van der Waals surface area contributed by atoms with Crippen LogP contribution in [-0.2, 0) is 4.79 Å². The van der Waals surface area contributed by atoms with Crippen LogP contribution in [0.5, 0.6) is 0 Å². The van der Waals surface area contributed by atoms with E-state index >= 15 is 0 Å². The van der Waals surface area contributed by atoms with E-state index in [4.69, 9.17) is 0 Å². The molecule has 0 radical (unpaired) electrons. The maximum atomic E-state index is 12.5. The highest BCUT2D eigenvalue weighted by molar-refractivity contribution is 5.76. The van der Waals surface area contributed by atoms with Crippen LogP contribution in [0.1, 0.15) is 51.9 Å². The number of amides is 1. The molecule has 1 N–H and O–H groups in total. The van der Waals surface area contributed by atoms with Crippen molar-refractivity contribution in [3.05, 3.63) is 0 Å². The van der Waals surface area contributed by atoms with Crippen LogP contribution in [0.25, 0.3) is 0 Å². The summed E-state index contributed by atoms with van der Waals surface area (Å²) in [6.07, 6.45) is 1.22. The van der Waals surface area contributed by atoms with Crippen LogP contribution >= 0.6 is 0 Å². The molecule has 0 saturated carbocycles. The largest absolute Gasteiger partial charge is 0.406 e. The smallest absolute Gasteiger partial charge is 0.334 e. The van der Waals surface area contributed by atoms with E-state index in [-0.39, 0.29) is 24.9 Å². The summed E-state index contributed by atoms with van der Waals surface area (Å²) < 4.78 is 37.4. The number of hydrogen-bond donors (Lipinski definition) is 1. The number of nitrogens with zero attached hydrogens (tertiary/aromatic N) is 1. The number of alkyl halides is 3. The van der Waals surface area contributed by atoms with Crippen molar-refractivity contribution in [1.82, 2.24) is 10.2 Å². The molecule has 20 heavy (non-hydrogen) atoms. The van der Waals surface area contributed by atoms with Gasteiger partial charge in [0.05, 0.1) is 0 Å². The molecule has 1 saturated heterocycles. The van der Waals surface area contributed by atoms with Crippen molar-refractivity contribution < 1.29 is 18.0 Å². The minimum atomic E-state index is -4.31. The Kier molecular flexibility index (Phi) is 7.34. The molecule has 0 aromatic rings. The lowest BCUT2D eigenvalue weighted by molar-refractivity contribution is -0.161. The van der Waals surface area contributed by atoms with Crippen molar-refractivity contribution in [3.63, 3.8) is 0 Å². The van der Waals surface area contributed by atoms with Gasteiger partial charge in [0.2, 0.25) is 5.91 Å². The second kappa shape index (κ2) is 8.49. The van der Waals surface area contributed by atoms with Crippen molar-refractivity contribution in [2.75, 3.05) is 19.6 Å². The molecule has 0 bridgehead atoms. The number of piperidine rings is 1. The van der Waals surface area contributed by atoms with Gasteiger partial charge >= 0.3 is 6.18 Å². The van der Waals surface area contributed by atoms with Crippen LogP contribution < -0.4 is 5.32 Å². The summed E-state index contributed by atoms with van der Waals surface area (Å²) in [7, 11) is 0. The minimum Gasteiger partial charge on any atom is -0.334 e. The molecule has 1 aliphatic rings. The predicted molar refractivity (Wildman–Crippen MR) is 72.4 cm³/mol. The summed E-state index contributed by atoms with van der Waals surface area (Å²) in [5.74, 6) is -0.372. The number of nitrogens with one attached hydrogen (secondary N) is 1. The zero-order valence-corrected chi connectivity index (χ0v) is 12.1. The Morgan fingerprint density at radius 1 is 1.35 bits per heavy atom. The zero-order valence-electron chi connectivity index (χ0n) is 12.1. The topological polar surface area (TPSA) is 32.3 Å². The molecular weight excluding hydrogens is 269 g/mol. The van der Waals surface area contributed by atoms with Gasteiger partial charge in [-0.15, -0.1) is 0 Å². The number of hydrogen-bond acceptors (Lipinski definition) is 2. The summed E-state index contributed by atoms with van der Waals surface area (Å²) in [5, 5.41) is 3.31. The van der Waals surface area contributed by atoms with Crippen LogP contribution in [0.15, 0.2) is 0 Å². The Hall–Kier alpha value is -0.780. The summed E-state index contributed by atoms with van der Waals surface area (Å²) in [5.41, 5.74) is 0. The van der Waals surface area contributed by atoms with E-state index in [1.54, 1.807) is 0 Å². The molecular formula is C14H25F3N2O. The number of carbonyl (C=O) groups is 1. The van der Waals surface area contributed by atoms with E-state index in [2.05, 4.69) is 5.32 Å². The first kappa shape index (κ1) is 17.3. The minimum absolute atomic E-state index is 0.201. The first-order valence-electron chi connectivity index (χ1n) is 7.50. The monoisotopic (exact) mass is 294 g/mol. The number of carbonyl (C=O) groups excluding carboxylic acids is 1. The third-order valence-electron chi connectivity index (χ3n) is 3.62. The van der Waals surface area contributed by atoms with Crippen LogP contribution in [-0.4, -0.2) is 42.7 Å². The van der Waals surface area contributed by atoms with Gasteiger partial charge < -0.3 is 10.2 Å². The lowest BCUT2D eigenvalue weighted by Crippen LogP contribution is -2.41. The molecule has 0 aromatic heterocycles. The van der Waals surface area contributed by atoms with Crippen molar-refractivity contribution in [2.45, 2.75) is 64.1 Å². The first-order chi connectivity index (χ1) is 9.42. The molecule has 1 rings (SSSR count). The summed E-state index contributed by atoms with van der Waals surface area (Å²) in [4.78, 5) is 12.9. The fourth-order valence-corrected chi connectivity index (χ4v) is 2.48. The SMILES string of the molecule is CCCCN(CC(F)(F)F)C(=O)CCC1CCCCN1. The third kappa shape index (κ3) is 7.12. The molecule has 1 aliphatic heterocycles. The first-order valence-corrected chi connectivity index (χ1v) is 7.50. The molecule has 118 valence electrons. The van der Waals surface area contributed by atoms with Gasteiger partial charge in [-0.05, 0) is 32.2 Å². The third-order valence-corrected chi connectivity index (χ3v) is 3.62. The lowest BCUT2D eigenvalue weighted by atomic mass is 10.0. The fraction of sp³-hybridized carbons (Fsp3) is 0.929. The zero-order chi connectivity index (χ0) is 15.0. The fourth-order valence-electron chi connectivity index (χ4n) is 2.48. The molecule has 1 heterocycles. The predicted octanol–water partition coefficient (Wildman–Crippen LogP) is 3.10. The quantitative estimate of drug-likeness (QED) is 0.782. The van der Waals surface area contributed by atoms with Crippen molar-refractivity contribution in [2.24, 2.45) is 0 Å². The Morgan fingerprint density at radius 3 is 2.65 bits per heavy atom. The van der Waals surface area contributed by atoms with Gasteiger partial charge in [-0.1, -0.05) is 19.8 Å². The van der Waals surface area contributed by atoms with E-state index < -0.39 is 12.7 Å². The maximum absolute atomic E-state index is 12.5.